The van der Waals surface area contributed by atoms with Gasteiger partial charge in [0.05, 0.1) is 15.7 Å². The number of hydrogen-bond donors (Lipinski definition) is 2. The number of Topliss-reactive ketones (excluding diaryl/α,β-unsaturated/α-hetero) is 1. The van der Waals surface area contributed by atoms with Gasteiger partial charge in [-0.3, -0.25) is 14.4 Å². The summed E-state index contributed by atoms with van der Waals surface area (Å²) in [5.74, 6) is -0.544. The largest absolute Gasteiger partial charge is 0.369 e. The Balaban J connectivity index is 1.91. The lowest BCUT2D eigenvalue weighted by atomic mass is 9.99. The molecule has 1 aromatic heterocycles. The zero-order chi connectivity index (χ0) is 19.3. The van der Waals surface area contributed by atoms with Gasteiger partial charge in [0.25, 0.3) is 0 Å². The van der Waals surface area contributed by atoms with Gasteiger partial charge in [-0.2, -0.15) is 0 Å². The Labute approximate surface area is 160 Å². The van der Waals surface area contributed by atoms with Gasteiger partial charge in [0.1, 0.15) is 0 Å². The fourth-order valence-electron chi connectivity index (χ4n) is 2.29. The average molecular weight is 392 g/mol. The summed E-state index contributed by atoms with van der Waals surface area (Å²) in [6.45, 7) is 5.62. The second-order valence-corrected chi connectivity index (χ2v) is 8.18. The van der Waals surface area contributed by atoms with Crippen molar-refractivity contribution in [1.29, 1.82) is 0 Å². The lowest BCUT2D eigenvalue weighted by Gasteiger charge is -2.06. The molecule has 138 valence electrons. The van der Waals surface area contributed by atoms with Crippen LogP contribution in [0.3, 0.4) is 0 Å². The normalized spacial score (nSPS) is 10.6. The number of nitrogens with two attached hydrogens (primary N) is 1. The van der Waals surface area contributed by atoms with Crippen LogP contribution in [0.1, 0.15) is 40.0 Å². The van der Waals surface area contributed by atoms with Crippen molar-refractivity contribution >= 4 is 45.8 Å². The molecule has 0 fully saturated rings. The van der Waals surface area contributed by atoms with E-state index in [1.54, 1.807) is 6.92 Å². The van der Waals surface area contributed by atoms with Crippen LogP contribution in [-0.2, 0) is 9.59 Å². The first kappa shape index (κ1) is 20.1. The van der Waals surface area contributed by atoms with Crippen LogP contribution >= 0.6 is 23.1 Å². The number of carbonyl (C=O) groups excluding carboxylic acids is 3. The summed E-state index contributed by atoms with van der Waals surface area (Å²) in [7, 11) is 0. The maximum Gasteiger partial charge on any atom is 0.227 e. The molecule has 8 heteroatoms. The number of primary amides is 1. The minimum absolute atomic E-state index is 0.0469. The van der Waals surface area contributed by atoms with Gasteiger partial charge in [0.2, 0.25) is 11.8 Å². The molecule has 0 unspecified atom stereocenters. The fourth-order valence-corrected chi connectivity index (χ4v) is 4.18. The predicted octanol–water partition coefficient (Wildman–Crippen LogP) is 3.25. The first-order chi connectivity index (χ1) is 12.3. The van der Waals surface area contributed by atoms with Gasteiger partial charge in [-0.05, 0) is 32.4 Å². The molecule has 6 nitrogen and oxygen atoms in total. The Morgan fingerprint density at radius 1 is 1.19 bits per heavy atom. The van der Waals surface area contributed by atoms with Gasteiger partial charge >= 0.3 is 0 Å². The molecule has 0 radical (unpaired) electrons. The molecule has 0 bridgehead atoms. The number of thioether (sulfide) groups is 1. The first-order valence-electron chi connectivity index (χ1n) is 8.05. The molecular formula is C18H21N3O3S2. The number of anilines is 1. The van der Waals surface area contributed by atoms with Crippen molar-refractivity contribution in [3.63, 3.8) is 0 Å². The number of carbonyl (C=O) groups is 3. The van der Waals surface area contributed by atoms with Crippen LogP contribution in [0.2, 0.25) is 0 Å². The standard InChI is InChI=1S/C18H21N3O3S2/c1-10-4-5-11(2)13(8-10)14(22)6-7-16(24)21-18-20-12(3)17(26-18)25-9-15(19)23/h4-5,8H,6-7,9H2,1-3H3,(H2,19,23)(H,20,21,24). The third-order valence-electron chi connectivity index (χ3n) is 3.62. The smallest absolute Gasteiger partial charge is 0.227 e. The van der Waals surface area contributed by atoms with E-state index in [1.807, 2.05) is 32.0 Å². The first-order valence-corrected chi connectivity index (χ1v) is 9.85. The average Bonchev–Trinajstić information content (AvgIpc) is 2.92. The summed E-state index contributed by atoms with van der Waals surface area (Å²) in [4.78, 5) is 39.6. The molecule has 2 aromatic rings. The highest BCUT2D eigenvalue weighted by Gasteiger charge is 2.14. The van der Waals surface area contributed by atoms with E-state index in [2.05, 4.69) is 10.3 Å². The Morgan fingerprint density at radius 3 is 2.62 bits per heavy atom. The predicted molar refractivity (Wildman–Crippen MR) is 105 cm³/mol. The SMILES string of the molecule is Cc1ccc(C)c(C(=O)CCC(=O)Nc2nc(C)c(SCC(N)=O)s2)c1. The van der Waals surface area contributed by atoms with Crippen molar-refractivity contribution in [2.45, 2.75) is 37.8 Å². The number of aryl methyl sites for hydroxylation is 3. The van der Waals surface area contributed by atoms with Crippen LogP contribution in [0.5, 0.6) is 0 Å². The number of nitrogens with zero attached hydrogens (tertiary/aromatic N) is 1. The zero-order valence-corrected chi connectivity index (χ0v) is 16.6. The van der Waals surface area contributed by atoms with Crippen molar-refractivity contribution in [1.82, 2.24) is 4.98 Å². The molecule has 0 saturated heterocycles. The lowest BCUT2D eigenvalue weighted by molar-refractivity contribution is -0.116. The number of benzene rings is 1. The van der Waals surface area contributed by atoms with E-state index in [1.165, 1.54) is 23.1 Å². The van der Waals surface area contributed by atoms with Gasteiger partial charge in [-0.15, -0.1) is 11.8 Å². The molecule has 2 rings (SSSR count). The molecule has 0 aliphatic rings. The second-order valence-electron chi connectivity index (χ2n) is 5.94. The summed E-state index contributed by atoms with van der Waals surface area (Å²) in [6, 6.07) is 5.71. The van der Waals surface area contributed by atoms with Crippen LogP contribution in [-0.4, -0.2) is 28.3 Å². The molecule has 3 N–H and O–H groups in total. The summed E-state index contributed by atoms with van der Waals surface area (Å²) in [6.07, 6.45) is 0.234. The number of ketones is 1. The van der Waals surface area contributed by atoms with Gasteiger partial charge < -0.3 is 11.1 Å². The molecule has 26 heavy (non-hydrogen) atoms. The summed E-state index contributed by atoms with van der Waals surface area (Å²) in [5, 5.41) is 3.17. The highest BCUT2D eigenvalue weighted by atomic mass is 32.2. The summed E-state index contributed by atoms with van der Waals surface area (Å²) >= 11 is 2.59. The molecule has 0 aliphatic carbocycles. The Hall–Kier alpha value is -2.19. The van der Waals surface area contributed by atoms with E-state index < -0.39 is 5.91 Å². The van der Waals surface area contributed by atoms with Crippen LogP contribution in [0, 0.1) is 20.8 Å². The number of amides is 2. The summed E-state index contributed by atoms with van der Waals surface area (Å²) < 4.78 is 0.838. The van der Waals surface area contributed by atoms with Gasteiger partial charge in [-0.25, -0.2) is 4.98 Å². The van der Waals surface area contributed by atoms with Crippen LogP contribution in [0.4, 0.5) is 5.13 Å². The number of nitrogens with one attached hydrogen (secondary N) is 1. The number of hydrogen-bond acceptors (Lipinski definition) is 6. The van der Waals surface area contributed by atoms with Crippen molar-refractivity contribution < 1.29 is 14.4 Å². The minimum atomic E-state index is -0.404. The third kappa shape index (κ3) is 5.67. The summed E-state index contributed by atoms with van der Waals surface area (Å²) in [5.41, 5.74) is 8.46. The van der Waals surface area contributed by atoms with Crippen molar-refractivity contribution in [2.75, 3.05) is 11.1 Å². The molecule has 2 amide bonds. The molecule has 0 saturated carbocycles. The fraction of sp³-hybridized carbons (Fsp3) is 0.333. The molecule has 0 aliphatic heterocycles. The van der Waals surface area contributed by atoms with E-state index >= 15 is 0 Å². The Morgan fingerprint density at radius 2 is 1.92 bits per heavy atom. The topological polar surface area (TPSA) is 102 Å². The lowest BCUT2D eigenvalue weighted by Crippen LogP contribution is -2.14. The maximum absolute atomic E-state index is 12.3. The van der Waals surface area contributed by atoms with Gasteiger partial charge in [-0.1, -0.05) is 29.0 Å². The third-order valence-corrected chi connectivity index (χ3v) is 6.08. The molecule has 0 atom stereocenters. The molecular weight excluding hydrogens is 370 g/mol. The Bertz CT molecular complexity index is 846. The molecule has 1 heterocycles. The zero-order valence-electron chi connectivity index (χ0n) is 14.9. The van der Waals surface area contributed by atoms with Gasteiger partial charge in [0.15, 0.2) is 10.9 Å². The van der Waals surface area contributed by atoms with Crippen molar-refractivity contribution in [2.24, 2.45) is 5.73 Å². The molecule has 0 spiro atoms. The monoisotopic (exact) mass is 391 g/mol. The minimum Gasteiger partial charge on any atom is -0.369 e. The quantitative estimate of drug-likeness (QED) is 0.531. The number of rotatable bonds is 8. The second kappa shape index (κ2) is 8.95. The van der Waals surface area contributed by atoms with Crippen LogP contribution in [0.15, 0.2) is 22.4 Å². The van der Waals surface area contributed by atoms with Crippen molar-refractivity contribution in [3.05, 3.63) is 40.6 Å². The van der Waals surface area contributed by atoms with Gasteiger partial charge in [0, 0.05) is 18.4 Å². The van der Waals surface area contributed by atoms with Crippen LogP contribution < -0.4 is 11.1 Å². The highest BCUT2D eigenvalue weighted by Crippen LogP contribution is 2.31. The van der Waals surface area contributed by atoms with E-state index in [-0.39, 0.29) is 30.3 Å². The van der Waals surface area contributed by atoms with E-state index in [0.717, 1.165) is 21.0 Å². The van der Waals surface area contributed by atoms with Crippen LogP contribution in [0.25, 0.3) is 0 Å². The number of aromatic nitrogens is 1. The van der Waals surface area contributed by atoms with E-state index in [4.69, 9.17) is 5.73 Å². The highest BCUT2D eigenvalue weighted by molar-refractivity contribution is 8.01. The van der Waals surface area contributed by atoms with E-state index in [9.17, 15) is 14.4 Å². The number of thiazole rings is 1. The Kier molecular flexibility index (Phi) is 6.93. The van der Waals surface area contributed by atoms with Crippen molar-refractivity contribution in [3.8, 4) is 0 Å². The maximum atomic E-state index is 12.3. The molecule has 1 aromatic carbocycles. The van der Waals surface area contributed by atoms with E-state index in [0.29, 0.717) is 10.7 Å².